The van der Waals surface area contributed by atoms with E-state index in [9.17, 15) is 10.1 Å². The van der Waals surface area contributed by atoms with E-state index in [1.165, 1.54) is 6.20 Å². The Bertz CT molecular complexity index is 1040. The number of para-hydroxylation sites is 2. The zero-order valence-electron chi connectivity index (χ0n) is 16.1. The third-order valence-corrected chi connectivity index (χ3v) is 4.23. The number of anilines is 2. The minimum Gasteiger partial charge on any atom is -0.457 e. The van der Waals surface area contributed by atoms with Gasteiger partial charge in [0.2, 0.25) is 0 Å². The second-order valence-electron chi connectivity index (χ2n) is 6.22. The van der Waals surface area contributed by atoms with Crippen LogP contribution in [0, 0.1) is 11.3 Å². The lowest BCUT2D eigenvalue weighted by atomic mass is 10.1. The lowest BCUT2D eigenvalue weighted by Crippen LogP contribution is -2.14. The number of nitrogens with one attached hydrogen (secondary N) is 2. The molecule has 0 radical (unpaired) electrons. The summed E-state index contributed by atoms with van der Waals surface area (Å²) >= 11 is 0. The van der Waals surface area contributed by atoms with Gasteiger partial charge in [0.05, 0.1) is 0 Å². The van der Waals surface area contributed by atoms with E-state index in [1.54, 1.807) is 24.3 Å². The van der Waals surface area contributed by atoms with Crippen molar-refractivity contribution in [2.24, 2.45) is 0 Å². The first-order valence-electron chi connectivity index (χ1n) is 9.28. The third kappa shape index (κ3) is 5.47. The largest absolute Gasteiger partial charge is 0.457 e. The average Bonchev–Trinajstić information content (AvgIpc) is 2.76. The second kappa shape index (κ2) is 9.77. The molecule has 0 saturated carbocycles. The van der Waals surface area contributed by atoms with E-state index in [0.29, 0.717) is 11.4 Å². The van der Waals surface area contributed by atoms with Gasteiger partial charge in [-0.2, -0.15) is 5.26 Å². The molecule has 3 aromatic carbocycles. The molecule has 0 aliphatic carbocycles. The fourth-order valence-corrected chi connectivity index (χ4v) is 2.70. The van der Waals surface area contributed by atoms with Crippen LogP contribution >= 0.6 is 0 Å². The monoisotopic (exact) mass is 383 g/mol. The van der Waals surface area contributed by atoms with E-state index in [-0.39, 0.29) is 5.57 Å². The van der Waals surface area contributed by atoms with E-state index in [0.717, 1.165) is 23.4 Å². The fraction of sp³-hybridized carbons (Fsp3) is 0.0833. The van der Waals surface area contributed by atoms with Gasteiger partial charge in [-0.1, -0.05) is 43.3 Å². The van der Waals surface area contributed by atoms with E-state index in [1.807, 2.05) is 67.6 Å². The molecule has 1 amide bonds. The number of ether oxygens (including phenoxy) is 1. The van der Waals surface area contributed by atoms with Crippen LogP contribution in [0.3, 0.4) is 0 Å². The van der Waals surface area contributed by atoms with Crippen molar-refractivity contribution in [3.63, 3.8) is 0 Å². The summed E-state index contributed by atoms with van der Waals surface area (Å²) in [5.41, 5.74) is 2.54. The van der Waals surface area contributed by atoms with Gasteiger partial charge < -0.3 is 15.4 Å². The van der Waals surface area contributed by atoms with Crippen molar-refractivity contribution < 1.29 is 9.53 Å². The van der Waals surface area contributed by atoms with Crippen LogP contribution in [-0.4, -0.2) is 5.91 Å². The summed E-state index contributed by atoms with van der Waals surface area (Å²) in [6.07, 6.45) is 2.28. The fourth-order valence-electron chi connectivity index (χ4n) is 2.70. The summed E-state index contributed by atoms with van der Waals surface area (Å²) in [6.45, 7) is 2.05. The Morgan fingerprint density at radius 1 is 0.966 bits per heavy atom. The molecule has 0 aliphatic rings. The molecule has 0 fully saturated rings. The van der Waals surface area contributed by atoms with E-state index in [4.69, 9.17) is 4.74 Å². The Kier molecular flexibility index (Phi) is 6.64. The number of aryl methyl sites for hydroxylation is 1. The Hall–Kier alpha value is -4.04. The summed E-state index contributed by atoms with van der Waals surface area (Å²) in [6, 6.07) is 26.1. The van der Waals surface area contributed by atoms with Gasteiger partial charge in [0.25, 0.3) is 5.91 Å². The Balaban J connectivity index is 1.64. The van der Waals surface area contributed by atoms with Gasteiger partial charge in [-0.3, -0.25) is 4.79 Å². The predicted molar refractivity (Wildman–Crippen MR) is 115 cm³/mol. The summed E-state index contributed by atoms with van der Waals surface area (Å²) in [7, 11) is 0. The van der Waals surface area contributed by atoms with Crippen molar-refractivity contribution in [1.82, 2.24) is 0 Å². The number of nitriles is 1. The highest BCUT2D eigenvalue weighted by molar-refractivity contribution is 6.06. The van der Waals surface area contributed by atoms with E-state index in [2.05, 4.69) is 10.6 Å². The number of hydrogen-bond donors (Lipinski definition) is 2. The highest BCUT2D eigenvalue weighted by Crippen LogP contribution is 2.23. The van der Waals surface area contributed by atoms with Gasteiger partial charge in [-0.15, -0.1) is 0 Å². The molecule has 5 heteroatoms. The minimum absolute atomic E-state index is 0.0134. The van der Waals surface area contributed by atoms with Crippen molar-refractivity contribution in [3.8, 4) is 17.6 Å². The van der Waals surface area contributed by atoms with Crippen LogP contribution in [0.1, 0.15) is 12.5 Å². The molecule has 0 heterocycles. The molecule has 0 aliphatic heterocycles. The third-order valence-electron chi connectivity index (χ3n) is 4.23. The molecule has 0 bridgehead atoms. The number of amides is 1. The second-order valence-corrected chi connectivity index (χ2v) is 6.22. The molecular formula is C24H21N3O2. The molecule has 0 aromatic heterocycles. The molecule has 0 spiro atoms. The number of hydrogen-bond acceptors (Lipinski definition) is 4. The van der Waals surface area contributed by atoms with Crippen molar-refractivity contribution >= 4 is 17.3 Å². The predicted octanol–water partition coefficient (Wildman–Crippen LogP) is 5.50. The molecule has 2 N–H and O–H groups in total. The van der Waals surface area contributed by atoms with Gasteiger partial charge in [0, 0.05) is 17.6 Å². The van der Waals surface area contributed by atoms with Crippen molar-refractivity contribution in [2.45, 2.75) is 13.3 Å². The molecule has 3 rings (SSSR count). The maximum absolute atomic E-state index is 12.4. The van der Waals surface area contributed by atoms with Crippen LogP contribution in [0.4, 0.5) is 11.4 Å². The Morgan fingerprint density at radius 2 is 1.62 bits per heavy atom. The zero-order valence-corrected chi connectivity index (χ0v) is 16.1. The molecule has 0 saturated heterocycles. The molecule has 144 valence electrons. The maximum atomic E-state index is 12.4. The topological polar surface area (TPSA) is 74.2 Å². The molecular weight excluding hydrogens is 362 g/mol. The molecule has 3 aromatic rings. The number of carbonyl (C=O) groups is 1. The number of benzene rings is 3. The van der Waals surface area contributed by atoms with Crippen molar-refractivity contribution in [3.05, 3.63) is 96.2 Å². The number of nitrogens with zero attached hydrogens (tertiary/aromatic N) is 1. The maximum Gasteiger partial charge on any atom is 0.267 e. The first-order chi connectivity index (χ1) is 14.2. The quantitative estimate of drug-likeness (QED) is 0.417. The summed E-state index contributed by atoms with van der Waals surface area (Å²) in [5.74, 6) is 0.909. The lowest BCUT2D eigenvalue weighted by molar-refractivity contribution is -0.112. The van der Waals surface area contributed by atoms with Crippen LogP contribution in [0.15, 0.2) is 90.6 Å². The first-order valence-corrected chi connectivity index (χ1v) is 9.28. The van der Waals surface area contributed by atoms with E-state index >= 15 is 0 Å². The van der Waals surface area contributed by atoms with E-state index < -0.39 is 5.91 Å². The molecule has 5 nitrogen and oxygen atoms in total. The van der Waals surface area contributed by atoms with Gasteiger partial charge in [0.15, 0.2) is 0 Å². The number of carbonyl (C=O) groups excluding carboxylic acids is 1. The molecule has 29 heavy (non-hydrogen) atoms. The highest BCUT2D eigenvalue weighted by atomic mass is 16.5. The van der Waals surface area contributed by atoms with Crippen LogP contribution in [-0.2, 0) is 11.2 Å². The van der Waals surface area contributed by atoms with Crippen LogP contribution in [0.5, 0.6) is 11.5 Å². The van der Waals surface area contributed by atoms with Gasteiger partial charge in [0.1, 0.15) is 23.1 Å². The minimum atomic E-state index is -0.481. The van der Waals surface area contributed by atoms with Gasteiger partial charge in [-0.25, -0.2) is 0 Å². The standard InChI is InChI=1S/C24H21N3O2/c1-2-18-8-6-7-11-23(18)26-17-19(16-25)24(28)27-20-12-14-22(15-13-20)29-21-9-4-3-5-10-21/h3-15,17,26H,2H2,1H3,(H,27,28)/b19-17-. The van der Waals surface area contributed by atoms with Crippen LogP contribution in [0.2, 0.25) is 0 Å². The SMILES string of the molecule is CCc1ccccc1N/C=C(/C#N)C(=O)Nc1ccc(Oc2ccccc2)cc1. The summed E-state index contributed by atoms with van der Waals surface area (Å²) < 4.78 is 5.73. The zero-order chi connectivity index (χ0) is 20.5. The Morgan fingerprint density at radius 3 is 2.31 bits per heavy atom. The van der Waals surface area contributed by atoms with Crippen LogP contribution < -0.4 is 15.4 Å². The summed E-state index contributed by atoms with van der Waals surface area (Å²) in [5, 5.41) is 15.1. The lowest BCUT2D eigenvalue weighted by Gasteiger charge is -2.09. The van der Waals surface area contributed by atoms with Crippen LogP contribution in [0.25, 0.3) is 0 Å². The molecule has 0 unspecified atom stereocenters. The highest BCUT2D eigenvalue weighted by Gasteiger charge is 2.10. The number of rotatable bonds is 7. The van der Waals surface area contributed by atoms with Gasteiger partial charge in [-0.05, 0) is 54.4 Å². The van der Waals surface area contributed by atoms with Crippen molar-refractivity contribution in [1.29, 1.82) is 5.26 Å². The average molecular weight is 383 g/mol. The normalized spacial score (nSPS) is 10.7. The smallest absolute Gasteiger partial charge is 0.267 e. The Labute approximate surface area is 170 Å². The summed E-state index contributed by atoms with van der Waals surface area (Å²) in [4.78, 5) is 12.4. The molecule has 0 atom stereocenters. The van der Waals surface area contributed by atoms with Crippen molar-refractivity contribution in [2.75, 3.05) is 10.6 Å². The first kappa shape index (κ1) is 19.7. The van der Waals surface area contributed by atoms with Gasteiger partial charge >= 0.3 is 0 Å².